The van der Waals surface area contributed by atoms with Gasteiger partial charge in [0.25, 0.3) is 0 Å². The van der Waals surface area contributed by atoms with Gasteiger partial charge in [0.2, 0.25) is 0 Å². The normalized spacial score (nSPS) is 11.1. The number of ether oxygens (including phenoxy) is 1. The molecule has 0 amide bonds. The lowest BCUT2D eigenvalue weighted by Gasteiger charge is -2.22. The fourth-order valence-corrected chi connectivity index (χ4v) is 1.62. The zero-order valence-corrected chi connectivity index (χ0v) is 10.8. The summed E-state index contributed by atoms with van der Waals surface area (Å²) in [5, 5.41) is 4.45. The van der Waals surface area contributed by atoms with Gasteiger partial charge in [0.1, 0.15) is 0 Å². The molecule has 0 aromatic carbocycles. The van der Waals surface area contributed by atoms with E-state index in [0.717, 1.165) is 23.7 Å². The first-order valence-corrected chi connectivity index (χ1v) is 5.53. The van der Waals surface area contributed by atoms with Gasteiger partial charge >= 0.3 is 0 Å². The highest BCUT2D eigenvalue weighted by molar-refractivity contribution is 5.66. The van der Waals surface area contributed by atoms with Crippen LogP contribution in [0.2, 0.25) is 0 Å². The molecule has 0 saturated carbocycles. The maximum atomic E-state index is 6.05. The summed E-state index contributed by atoms with van der Waals surface area (Å²) in [6.07, 6.45) is 0. The van der Waals surface area contributed by atoms with Crippen molar-refractivity contribution < 1.29 is 4.74 Å². The molecule has 0 spiro atoms. The van der Waals surface area contributed by atoms with Crippen LogP contribution >= 0.6 is 0 Å². The molecule has 0 atom stereocenters. The highest BCUT2D eigenvalue weighted by atomic mass is 16.5. The van der Waals surface area contributed by atoms with Crippen LogP contribution in [0.4, 0.5) is 11.5 Å². The maximum Gasteiger partial charge on any atom is 0.150 e. The van der Waals surface area contributed by atoms with Crippen LogP contribution in [-0.2, 0) is 4.74 Å². The number of aryl methyl sites for hydroxylation is 1. The number of hydrogen-bond acceptors (Lipinski definition) is 4. The second kappa shape index (κ2) is 5.21. The van der Waals surface area contributed by atoms with Crippen molar-refractivity contribution >= 4 is 11.5 Å². The summed E-state index contributed by atoms with van der Waals surface area (Å²) in [6.45, 7) is 7.61. The van der Waals surface area contributed by atoms with Gasteiger partial charge in [0.05, 0.1) is 18.0 Å². The third kappa shape index (κ3) is 2.47. The smallest absolute Gasteiger partial charge is 0.150 e. The standard InChI is InChI=1S/C11H22N4O/c1-8(2)15-11(10(12)9(3)13-15)14(4)6-7-16-5/h8H,6-7,12H2,1-5H3. The molecule has 1 heterocycles. The summed E-state index contributed by atoms with van der Waals surface area (Å²) in [6, 6.07) is 0.302. The van der Waals surface area contributed by atoms with E-state index in [-0.39, 0.29) is 0 Å². The molecule has 0 aliphatic heterocycles. The zero-order chi connectivity index (χ0) is 12.3. The third-order valence-corrected chi connectivity index (χ3v) is 2.59. The molecule has 0 aliphatic carbocycles. The lowest BCUT2D eigenvalue weighted by atomic mass is 10.3. The molecule has 0 saturated heterocycles. The Labute approximate surface area is 97.2 Å². The maximum absolute atomic E-state index is 6.05. The van der Waals surface area contributed by atoms with Crippen molar-refractivity contribution in [2.75, 3.05) is 37.9 Å². The molecule has 1 rings (SSSR count). The van der Waals surface area contributed by atoms with Crippen LogP contribution in [0.3, 0.4) is 0 Å². The van der Waals surface area contributed by atoms with Gasteiger partial charge in [-0.15, -0.1) is 0 Å². The number of nitrogens with zero attached hydrogens (tertiary/aromatic N) is 3. The van der Waals surface area contributed by atoms with Crippen molar-refractivity contribution in [1.29, 1.82) is 0 Å². The Balaban J connectivity index is 3.00. The Morgan fingerprint density at radius 2 is 2.12 bits per heavy atom. The second-order valence-corrected chi connectivity index (χ2v) is 4.28. The lowest BCUT2D eigenvalue weighted by molar-refractivity contribution is 0.206. The molecular formula is C11H22N4O. The molecule has 92 valence electrons. The van der Waals surface area contributed by atoms with E-state index in [1.807, 2.05) is 18.7 Å². The monoisotopic (exact) mass is 226 g/mol. The number of likely N-dealkylation sites (N-methyl/N-ethyl adjacent to an activating group) is 1. The van der Waals surface area contributed by atoms with Crippen molar-refractivity contribution in [1.82, 2.24) is 9.78 Å². The van der Waals surface area contributed by atoms with Gasteiger partial charge in [-0.05, 0) is 20.8 Å². The highest BCUT2D eigenvalue weighted by Crippen LogP contribution is 2.28. The van der Waals surface area contributed by atoms with Crippen LogP contribution in [0.15, 0.2) is 0 Å². The number of anilines is 2. The van der Waals surface area contributed by atoms with E-state index >= 15 is 0 Å². The molecule has 5 heteroatoms. The molecule has 1 aromatic heterocycles. The SMILES string of the molecule is COCCN(C)c1c(N)c(C)nn1C(C)C. The Morgan fingerprint density at radius 3 is 2.62 bits per heavy atom. The number of hydrogen-bond donors (Lipinski definition) is 1. The Morgan fingerprint density at radius 1 is 1.50 bits per heavy atom. The third-order valence-electron chi connectivity index (χ3n) is 2.59. The number of aromatic nitrogens is 2. The van der Waals surface area contributed by atoms with Crippen molar-refractivity contribution in [2.24, 2.45) is 0 Å². The summed E-state index contributed by atoms with van der Waals surface area (Å²) in [7, 11) is 3.70. The van der Waals surface area contributed by atoms with Gasteiger partial charge < -0.3 is 15.4 Å². The van der Waals surface area contributed by atoms with E-state index in [4.69, 9.17) is 10.5 Å². The number of rotatable bonds is 5. The van der Waals surface area contributed by atoms with Crippen LogP contribution in [0.5, 0.6) is 0 Å². The van der Waals surface area contributed by atoms with E-state index in [9.17, 15) is 0 Å². The first kappa shape index (κ1) is 12.8. The lowest BCUT2D eigenvalue weighted by Crippen LogP contribution is -2.26. The van der Waals surface area contributed by atoms with Crippen molar-refractivity contribution in [3.05, 3.63) is 5.69 Å². The van der Waals surface area contributed by atoms with Crippen molar-refractivity contribution in [2.45, 2.75) is 26.8 Å². The highest BCUT2D eigenvalue weighted by Gasteiger charge is 2.17. The Hall–Kier alpha value is -1.23. The van der Waals surface area contributed by atoms with Gasteiger partial charge in [-0.3, -0.25) is 0 Å². The van der Waals surface area contributed by atoms with E-state index < -0.39 is 0 Å². The second-order valence-electron chi connectivity index (χ2n) is 4.28. The summed E-state index contributed by atoms with van der Waals surface area (Å²) < 4.78 is 7.03. The van der Waals surface area contributed by atoms with Gasteiger partial charge in [0.15, 0.2) is 5.82 Å². The molecule has 2 N–H and O–H groups in total. The van der Waals surface area contributed by atoms with Crippen LogP contribution in [0.1, 0.15) is 25.6 Å². The van der Waals surface area contributed by atoms with Gasteiger partial charge in [0, 0.05) is 26.7 Å². The van der Waals surface area contributed by atoms with Gasteiger partial charge in [-0.1, -0.05) is 0 Å². The van der Waals surface area contributed by atoms with Crippen LogP contribution in [-0.4, -0.2) is 37.1 Å². The van der Waals surface area contributed by atoms with Gasteiger partial charge in [-0.2, -0.15) is 5.10 Å². The van der Waals surface area contributed by atoms with Gasteiger partial charge in [-0.25, -0.2) is 4.68 Å². The van der Waals surface area contributed by atoms with Crippen LogP contribution in [0.25, 0.3) is 0 Å². The fraction of sp³-hybridized carbons (Fsp3) is 0.727. The minimum Gasteiger partial charge on any atom is -0.394 e. The molecule has 0 aliphatic rings. The molecule has 0 unspecified atom stereocenters. The summed E-state index contributed by atoms with van der Waals surface area (Å²) in [5.41, 5.74) is 7.69. The van der Waals surface area contributed by atoms with Crippen molar-refractivity contribution in [3.8, 4) is 0 Å². The first-order valence-electron chi connectivity index (χ1n) is 5.53. The number of nitrogens with two attached hydrogens (primary N) is 1. The zero-order valence-electron chi connectivity index (χ0n) is 10.8. The molecule has 0 radical (unpaired) electrons. The minimum atomic E-state index is 0.302. The van der Waals surface area contributed by atoms with E-state index in [1.54, 1.807) is 7.11 Å². The largest absolute Gasteiger partial charge is 0.394 e. The van der Waals surface area contributed by atoms with E-state index in [0.29, 0.717) is 12.6 Å². The van der Waals surface area contributed by atoms with E-state index in [2.05, 4.69) is 23.8 Å². The Kier molecular flexibility index (Phi) is 4.18. The average Bonchev–Trinajstić information content (AvgIpc) is 2.52. The molecule has 16 heavy (non-hydrogen) atoms. The Bertz CT molecular complexity index is 346. The molecule has 0 fully saturated rings. The number of nitrogen functional groups attached to an aromatic ring is 1. The average molecular weight is 226 g/mol. The fourth-order valence-electron chi connectivity index (χ4n) is 1.62. The molecule has 0 bridgehead atoms. The quantitative estimate of drug-likeness (QED) is 0.825. The van der Waals surface area contributed by atoms with Crippen LogP contribution in [0, 0.1) is 6.92 Å². The minimum absolute atomic E-state index is 0.302. The molecule has 5 nitrogen and oxygen atoms in total. The predicted molar refractivity (Wildman–Crippen MR) is 66.9 cm³/mol. The number of methoxy groups -OCH3 is 1. The van der Waals surface area contributed by atoms with Crippen LogP contribution < -0.4 is 10.6 Å². The topological polar surface area (TPSA) is 56.3 Å². The molecule has 1 aromatic rings. The first-order chi connectivity index (χ1) is 7.49. The summed E-state index contributed by atoms with van der Waals surface area (Å²) in [5.74, 6) is 0.976. The van der Waals surface area contributed by atoms with Crippen molar-refractivity contribution in [3.63, 3.8) is 0 Å². The summed E-state index contributed by atoms with van der Waals surface area (Å²) in [4.78, 5) is 2.08. The molecular weight excluding hydrogens is 204 g/mol. The summed E-state index contributed by atoms with van der Waals surface area (Å²) >= 11 is 0. The predicted octanol–water partition coefficient (Wildman–Crippen LogP) is 1.44. The van der Waals surface area contributed by atoms with E-state index in [1.165, 1.54) is 0 Å².